The van der Waals surface area contributed by atoms with Crippen LogP contribution in [0.4, 0.5) is 0 Å². The second-order valence-electron chi connectivity index (χ2n) is 8.70. The van der Waals surface area contributed by atoms with Crippen molar-refractivity contribution >= 4 is 11.8 Å². The molecule has 0 aliphatic carbocycles. The van der Waals surface area contributed by atoms with Crippen molar-refractivity contribution in [1.82, 2.24) is 10.2 Å². The molecule has 0 heterocycles. The van der Waals surface area contributed by atoms with Gasteiger partial charge in [0.1, 0.15) is 6.04 Å². The fraction of sp³-hybridized carbons (Fsp3) is 0.310. The number of amides is 2. The molecule has 0 unspecified atom stereocenters. The van der Waals surface area contributed by atoms with Gasteiger partial charge >= 0.3 is 0 Å². The highest BCUT2D eigenvalue weighted by Crippen LogP contribution is 2.17. The van der Waals surface area contributed by atoms with Crippen LogP contribution in [-0.2, 0) is 29.0 Å². The number of benzene rings is 3. The molecule has 2 atom stereocenters. The standard InChI is InChI=1S/C29H34N2O2/c1-4-23(3)30-29(33)27(19-24-13-7-5-8-14-24)31(21-25-15-9-6-10-16-25)28(32)20-26-17-11-12-22(2)18-26/h5-18,23,27H,4,19-21H2,1-3H3,(H,30,33)/t23-,27+/m1/s1. The summed E-state index contributed by atoms with van der Waals surface area (Å²) >= 11 is 0. The number of hydrogen-bond acceptors (Lipinski definition) is 2. The van der Waals surface area contributed by atoms with Crippen molar-refractivity contribution in [2.24, 2.45) is 0 Å². The van der Waals surface area contributed by atoms with Crippen LogP contribution in [0.1, 0.15) is 42.5 Å². The molecule has 0 saturated heterocycles. The monoisotopic (exact) mass is 442 g/mol. The summed E-state index contributed by atoms with van der Waals surface area (Å²) in [5.74, 6) is -0.161. The summed E-state index contributed by atoms with van der Waals surface area (Å²) in [6.45, 7) is 6.44. The Morgan fingerprint density at radius 1 is 0.848 bits per heavy atom. The van der Waals surface area contributed by atoms with Crippen LogP contribution in [0.25, 0.3) is 0 Å². The van der Waals surface area contributed by atoms with Crippen molar-refractivity contribution in [1.29, 1.82) is 0 Å². The number of carbonyl (C=O) groups is 2. The van der Waals surface area contributed by atoms with E-state index in [-0.39, 0.29) is 24.3 Å². The summed E-state index contributed by atoms with van der Waals surface area (Å²) in [4.78, 5) is 28.9. The molecule has 2 amide bonds. The Morgan fingerprint density at radius 2 is 1.45 bits per heavy atom. The van der Waals surface area contributed by atoms with Gasteiger partial charge < -0.3 is 10.2 Å². The third kappa shape index (κ3) is 7.31. The molecule has 33 heavy (non-hydrogen) atoms. The average Bonchev–Trinajstić information content (AvgIpc) is 2.82. The first-order valence-electron chi connectivity index (χ1n) is 11.7. The van der Waals surface area contributed by atoms with E-state index < -0.39 is 6.04 Å². The molecule has 3 aromatic carbocycles. The maximum absolute atomic E-state index is 13.7. The number of rotatable bonds is 10. The molecule has 0 saturated carbocycles. The van der Waals surface area contributed by atoms with Crippen LogP contribution < -0.4 is 5.32 Å². The van der Waals surface area contributed by atoms with Crippen molar-refractivity contribution in [3.8, 4) is 0 Å². The molecule has 0 spiro atoms. The highest BCUT2D eigenvalue weighted by atomic mass is 16.2. The minimum absolute atomic E-state index is 0.0428. The number of hydrogen-bond donors (Lipinski definition) is 1. The lowest BCUT2D eigenvalue weighted by molar-refractivity contribution is -0.141. The molecular weight excluding hydrogens is 408 g/mol. The SMILES string of the molecule is CC[C@@H](C)NC(=O)[C@H](Cc1ccccc1)N(Cc1ccccc1)C(=O)Cc1cccc(C)c1. The van der Waals surface area contributed by atoms with E-state index in [0.29, 0.717) is 13.0 Å². The third-order valence-electron chi connectivity index (χ3n) is 5.91. The number of carbonyl (C=O) groups excluding carboxylic acids is 2. The molecule has 0 radical (unpaired) electrons. The molecular formula is C29H34N2O2. The number of nitrogens with one attached hydrogen (secondary N) is 1. The van der Waals surface area contributed by atoms with Crippen LogP contribution in [0.15, 0.2) is 84.9 Å². The van der Waals surface area contributed by atoms with Gasteiger partial charge in [0, 0.05) is 19.0 Å². The van der Waals surface area contributed by atoms with Gasteiger partial charge in [-0.1, -0.05) is 97.4 Å². The van der Waals surface area contributed by atoms with E-state index in [0.717, 1.165) is 28.7 Å². The van der Waals surface area contributed by atoms with Crippen molar-refractivity contribution in [2.75, 3.05) is 0 Å². The van der Waals surface area contributed by atoms with Crippen LogP contribution in [-0.4, -0.2) is 28.8 Å². The Morgan fingerprint density at radius 3 is 2.06 bits per heavy atom. The summed E-state index contributed by atoms with van der Waals surface area (Å²) < 4.78 is 0. The zero-order chi connectivity index (χ0) is 23.6. The fourth-order valence-corrected chi connectivity index (χ4v) is 3.87. The molecule has 3 aromatic rings. The van der Waals surface area contributed by atoms with Gasteiger partial charge in [-0.3, -0.25) is 9.59 Å². The Balaban J connectivity index is 1.95. The average molecular weight is 443 g/mol. The zero-order valence-electron chi connectivity index (χ0n) is 19.8. The normalized spacial score (nSPS) is 12.6. The lowest BCUT2D eigenvalue weighted by Gasteiger charge is -2.32. The van der Waals surface area contributed by atoms with Crippen molar-refractivity contribution in [3.05, 3.63) is 107 Å². The molecule has 0 aromatic heterocycles. The van der Waals surface area contributed by atoms with Gasteiger partial charge in [0.15, 0.2) is 0 Å². The van der Waals surface area contributed by atoms with Crippen molar-refractivity contribution in [2.45, 2.75) is 58.7 Å². The summed E-state index contributed by atoms with van der Waals surface area (Å²) in [6, 6.07) is 27.2. The van der Waals surface area contributed by atoms with Gasteiger partial charge in [-0.25, -0.2) is 0 Å². The van der Waals surface area contributed by atoms with E-state index >= 15 is 0 Å². The van der Waals surface area contributed by atoms with Crippen LogP contribution in [0, 0.1) is 6.92 Å². The quantitative estimate of drug-likeness (QED) is 0.475. The van der Waals surface area contributed by atoms with Gasteiger partial charge in [-0.05, 0) is 37.0 Å². The van der Waals surface area contributed by atoms with Gasteiger partial charge in [0.05, 0.1) is 6.42 Å². The largest absolute Gasteiger partial charge is 0.352 e. The first-order valence-corrected chi connectivity index (χ1v) is 11.7. The van der Waals surface area contributed by atoms with Crippen molar-refractivity contribution < 1.29 is 9.59 Å². The topological polar surface area (TPSA) is 49.4 Å². The molecule has 0 fully saturated rings. The lowest BCUT2D eigenvalue weighted by Crippen LogP contribution is -2.52. The Kier molecular flexibility index (Phi) is 8.82. The van der Waals surface area contributed by atoms with Crippen LogP contribution in [0.3, 0.4) is 0 Å². The summed E-state index contributed by atoms with van der Waals surface area (Å²) in [5.41, 5.74) is 4.11. The van der Waals surface area contributed by atoms with Crippen LogP contribution >= 0.6 is 0 Å². The summed E-state index contributed by atoms with van der Waals surface area (Å²) in [5, 5.41) is 3.11. The maximum Gasteiger partial charge on any atom is 0.243 e. The lowest BCUT2D eigenvalue weighted by atomic mass is 10.0. The maximum atomic E-state index is 13.7. The molecule has 172 valence electrons. The van der Waals surface area contributed by atoms with Gasteiger partial charge in [-0.15, -0.1) is 0 Å². The minimum Gasteiger partial charge on any atom is -0.352 e. The predicted octanol–water partition coefficient (Wildman–Crippen LogP) is 5.09. The minimum atomic E-state index is -0.598. The van der Waals surface area contributed by atoms with Gasteiger partial charge in [-0.2, -0.15) is 0 Å². The highest BCUT2D eigenvalue weighted by Gasteiger charge is 2.30. The predicted molar refractivity (Wildman–Crippen MR) is 134 cm³/mol. The summed E-state index contributed by atoms with van der Waals surface area (Å²) in [7, 11) is 0. The Bertz CT molecular complexity index is 1030. The number of nitrogens with zero attached hydrogens (tertiary/aromatic N) is 1. The second-order valence-corrected chi connectivity index (χ2v) is 8.70. The molecule has 4 heteroatoms. The van der Waals surface area contributed by atoms with Crippen LogP contribution in [0.2, 0.25) is 0 Å². The highest BCUT2D eigenvalue weighted by molar-refractivity contribution is 5.89. The molecule has 1 N–H and O–H groups in total. The van der Waals surface area contributed by atoms with E-state index in [1.807, 2.05) is 106 Å². The Labute approximate surface area is 197 Å². The molecule has 3 rings (SSSR count). The van der Waals surface area contributed by atoms with Crippen molar-refractivity contribution in [3.63, 3.8) is 0 Å². The number of aryl methyl sites for hydroxylation is 1. The summed E-state index contributed by atoms with van der Waals surface area (Å²) in [6.07, 6.45) is 1.56. The van der Waals surface area contributed by atoms with E-state index in [2.05, 4.69) is 5.32 Å². The zero-order valence-corrected chi connectivity index (χ0v) is 19.8. The third-order valence-corrected chi connectivity index (χ3v) is 5.91. The van der Waals surface area contributed by atoms with E-state index in [1.54, 1.807) is 4.90 Å². The first-order chi connectivity index (χ1) is 16.0. The van der Waals surface area contributed by atoms with E-state index in [9.17, 15) is 9.59 Å². The van der Waals surface area contributed by atoms with E-state index in [4.69, 9.17) is 0 Å². The second kappa shape index (κ2) is 12.0. The molecule has 0 bridgehead atoms. The molecule has 0 aliphatic heterocycles. The smallest absolute Gasteiger partial charge is 0.243 e. The van der Waals surface area contributed by atoms with E-state index in [1.165, 1.54) is 0 Å². The molecule has 4 nitrogen and oxygen atoms in total. The fourth-order valence-electron chi connectivity index (χ4n) is 3.87. The Hall–Kier alpha value is -3.40. The van der Waals surface area contributed by atoms with Gasteiger partial charge in [0.2, 0.25) is 11.8 Å². The first kappa shape index (κ1) is 24.2. The van der Waals surface area contributed by atoms with Gasteiger partial charge in [0.25, 0.3) is 0 Å². The molecule has 0 aliphatic rings. The van der Waals surface area contributed by atoms with Crippen LogP contribution in [0.5, 0.6) is 0 Å².